The Balaban J connectivity index is 2.01. The van der Waals surface area contributed by atoms with Gasteiger partial charge in [-0.25, -0.2) is 0 Å². The van der Waals surface area contributed by atoms with Crippen LogP contribution in [0.25, 0.3) is 0 Å². The number of benzene rings is 1. The molecule has 1 heterocycles. The van der Waals surface area contributed by atoms with Gasteiger partial charge in [0.25, 0.3) is 0 Å². The molecule has 0 radical (unpaired) electrons. The quantitative estimate of drug-likeness (QED) is 0.865. The molecular formula is C16H22N2O. The largest absolute Gasteiger partial charge is 0.493 e. The van der Waals surface area contributed by atoms with Crippen molar-refractivity contribution in [2.24, 2.45) is 12.8 Å². The highest BCUT2D eigenvalue weighted by Crippen LogP contribution is 2.21. The van der Waals surface area contributed by atoms with Crippen molar-refractivity contribution < 1.29 is 4.74 Å². The topological polar surface area (TPSA) is 40.2 Å². The van der Waals surface area contributed by atoms with Gasteiger partial charge in [-0.1, -0.05) is 17.7 Å². The average Bonchev–Trinajstić information content (AvgIpc) is 2.83. The molecule has 0 aliphatic rings. The van der Waals surface area contributed by atoms with Gasteiger partial charge in [-0.05, 0) is 44.2 Å². The molecule has 3 nitrogen and oxygen atoms in total. The highest BCUT2D eigenvalue weighted by molar-refractivity contribution is 5.26. The standard InChI is InChI=1S/C16H22N2O/c1-13-5-7-15(8-6-13)19-12-14(9-10-17)16-4-3-11-18(16)2/h3-8,11,14H,9-10,12,17H2,1-2H3. The smallest absolute Gasteiger partial charge is 0.119 e. The molecule has 102 valence electrons. The normalized spacial score (nSPS) is 12.4. The Morgan fingerprint density at radius 3 is 2.53 bits per heavy atom. The molecule has 19 heavy (non-hydrogen) atoms. The van der Waals surface area contributed by atoms with Crippen molar-refractivity contribution in [2.75, 3.05) is 13.2 Å². The van der Waals surface area contributed by atoms with E-state index in [0.717, 1.165) is 12.2 Å². The van der Waals surface area contributed by atoms with Crippen LogP contribution in [-0.4, -0.2) is 17.7 Å². The number of rotatable bonds is 6. The third kappa shape index (κ3) is 3.61. The maximum Gasteiger partial charge on any atom is 0.119 e. The van der Waals surface area contributed by atoms with Crippen LogP contribution in [0.1, 0.15) is 23.6 Å². The maximum atomic E-state index is 5.89. The molecule has 2 aromatic rings. The maximum absolute atomic E-state index is 5.89. The summed E-state index contributed by atoms with van der Waals surface area (Å²) in [6, 6.07) is 12.4. The van der Waals surface area contributed by atoms with Gasteiger partial charge < -0.3 is 15.0 Å². The molecule has 1 atom stereocenters. The predicted octanol–water partition coefficient (Wildman–Crippen LogP) is 2.84. The lowest BCUT2D eigenvalue weighted by atomic mass is 10.0. The van der Waals surface area contributed by atoms with Gasteiger partial charge in [-0.15, -0.1) is 0 Å². The van der Waals surface area contributed by atoms with Crippen molar-refractivity contribution in [2.45, 2.75) is 19.3 Å². The van der Waals surface area contributed by atoms with E-state index in [2.05, 4.69) is 49.0 Å². The third-order valence-corrected chi connectivity index (χ3v) is 3.39. The molecule has 0 aliphatic carbocycles. The first kappa shape index (κ1) is 13.7. The lowest BCUT2D eigenvalue weighted by Gasteiger charge is -2.18. The van der Waals surface area contributed by atoms with Gasteiger partial charge in [0.15, 0.2) is 0 Å². The number of aryl methyl sites for hydroxylation is 2. The van der Waals surface area contributed by atoms with Gasteiger partial charge in [0.2, 0.25) is 0 Å². The van der Waals surface area contributed by atoms with Crippen LogP contribution < -0.4 is 10.5 Å². The lowest BCUT2D eigenvalue weighted by Crippen LogP contribution is -2.17. The number of hydrogen-bond acceptors (Lipinski definition) is 2. The minimum absolute atomic E-state index is 0.339. The first-order valence-corrected chi connectivity index (χ1v) is 6.71. The Morgan fingerprint density at radius 2 is 1.95 bits per heavy atom. The van der Waals surface area contributed by atoms with Crippen molar-refractivity contribution in [3.05, 3.63) is 53.9 Å². The molecule has 1 aromatic carbocycles. The number of nitrogens with zero attached hydrogens (tertiary/aromatic N) is 1. The summed E-state index contributed by atoms with van der Waals surface area (Å²) >= 11 is 0. The summed E-state index contributed by atoms with van der Waals surface area (Å²) < 4.78 is 8.02. The first-order chi connectivity index (χ1) is 9.20. The van der Waals surface area contributed by atoms with Crippen LogP contribution >= 0.6 is 0 Å². The van der Waals surface area contributed by atoms with Crippen LogP contribution in [0.5, 0.6) is 5.75 Å². The fourth-order valence-corrected chi connectivity index (χ4v) is 2.25. The zero-order chi connectivity index (χ0) is 13.7. The molecule has 0 aliphatic heterocycles. The second-order valence-corrected chi connectivity index (χ2v) is 4.94. The van der Waals surface area contributed by atoms with Crippen LogP contribution in [0.15, 0.2) is 42.6 Å². The highest BCUT2D eigenvalue weighted by Gasteiger charge is 2.14. The van der Waals surface area contributed by atoms with E-state index in [0.29, 0.717) is 19.1 Å². The van der Waals surface area contributed by atoms with E-state index < -0.39 is 0 Å². The number of hydrogen-bond donors (Lipinski definition) is 1. The summed E-state index contributed by atoms with van der Waals surface area (Å²) in [7, 11) is 2.06. The molecule has 0 saturated heterocycles. The van der Waals surface area contributed by atoms with Gasteiger partial charge in [0.05, 0.1) is 6.61 Å². The Bertz CT molecular complexity index is 502. The Morgan fingerprint density at radius 1 is 1.21 bits per heavy atom. The fourth-order valence-electron chi connectivity index (χ4n) is 2.25. The van der Waals surface area contributed by atoms with Crippen molar-refractivity contribution in [1.82, 2.24) is 4.57 Å². The monoisotopic (exact) mass is 258 g/mol. The Kier molecular flexibility index (Phi) is 4.63. The summed E-state index contributed by atoms with van der Waals surface area (Å²) in [4.78, 5) is 0. The van der Waals surface area contributed by atoms with Crippen molar-refractivity contribution in [3.8, 4) is 5.75 Å². The second-order valence-electron chi connectivity index (χ2n) is 4.94. The van der Waals surface area contributed by atoms with Gasteiger partial charge in [0.1, 0.15) is 5.75 Å². The highest BCUT2D eigenvalue weighted by atomic mass is 16.5. The molecule has 0 bridgehead atoms. The molecule has 1 unspecified atom stereocenters. The van der Waals surface area contributed by atoms with Crippen molar-refractivity contribution in [1.29, 1.82) is 0 Å². The van der Waals surface area contributed by atoms with Crippen LogP contribution in [0.2, 0.25) is 0 Å². The van der Waals surface area contributed by atoms with Gasteiger partial charge in [-0.2, -0.15) is 0 Å². The van der Waals surface area contributed by atoms with E-state index in [1.54, 1.807) is 0 Å². The van der Waals surface area contributed by atoms with E-state index in [1.165, 1.54) is 11.3 Å². The molecule has 2 N–H and O–H groups in total. The van der Waals surface area contributed by atoms with E-state index in [1.807, 2.05) is 12.1 Å². The molecule has 0 fully saturated rings. The van der Waals surface area contributed by atoms with Crippen LogP contribution in [0, 0.1) is 6.92 Å². The summed E-state index contributed by atoms with van der Waals surface area (Å²) in [6.45, 7) is 3.41. The van der Waals surface area contributed by atoms with Gasteiger partial charge >= 0.3 is 0 Å². The van der Waals surface area contributed by atoms with E-state index >= 15 is 0 Å². The molecule has 3 heteroatoms. The second kappa shape index (κ2) is 6.43. The molecule has 0 spiro atoms. The van der Waals surface area contributed by atoms with E-state index in [4.69, 9.17) is 10.5 Å². The van der Waals surface area contributed by atoms with Crippen molar-refractivity contribution in [3.63, 3.8) is 0 Å². The minimum atomic E-state index is 0.339. The molecule has 0 amide bonds. The molecule has 0 saturated carbocycles. The predicted molar refractivity (Wildman–Crippen MR) is 78.5 cm³/mol. The number of ether oxygens (including phenoxy) is 1. The third-order valence-electron chi connectivity index (χ3n) is 3.39. The number of nitrogens with two attached hydrogens (primary N) is 1. The summed E-state index contributed by atoms with van der Waals surface area (Å²) in [5.41, 5.74) is 8.23. The lowest BCUT2D eigenvalue weighted by molar-refractivity contribution is 0.278. The van der Waals surface area contributed by atoms with Gasteiger partial charge in [0, 0.05) is 24.9 Å². The first-order valence-electron chi connectivity index (χ1n) is 6.71. The Hall–Kier alpha value is -1.74. The fraction of sp³-hybridized carbons (Fsp3) is 0.375. The number of aromatic nitrogens is 1. The SMILES string of the molecule is Cc1ccc(OCC(CCN)c2cccn2C)cc1. The minimum Gasteiger partial charge on any atom is -0.493 e. The zero-order valence-electron chi connectivity index (χ0n) is 11.7. The summed E-state index contributed by atoms with van der Waals surface area (Å²) in [5.74, 6) is 1.26. The van der Waals surface area contributed by atoms with E-state index in [9.17, 15) is 0 Å². The molecular weight excluding hydrogens is 236 g/mol. The van der Waals surface area contributed by atoms with Crippen LogP contribution in [0.4, 0.5) is 0 Å². The van der Waals surface area contributed by atoms with E-state index in [-0.39, 0.29) is 0 Å². The van der Waals surface area contributed by atoms with Crippen LogP contribution in [0.3, 0.4) is 0 Å². The molecule has 2 rings (SSSR count). The Labute approximate surface area is 115 Å². The summed E-state index contributed by atoms with van der Waals surface area (Å²) in [5, 5.41) is 0. The zero-order valence-corrected chi connectivity index (χ0v) is 11.7. The van der Waals surface area contributed by atoms with Gasteiger partial charge in [-0.3, -0.25) is 0 Å². The molecule has 1 aromatic heterocycles. The van der Waals surface area contributed by atoms with Crippen molar-refractivity contribution >= 4 is 0 Å². The average molecular weight is 258 g/mol. The summed E-state index contributed by atoms with van der Waals surface area (Å²) in [6.07, 6.45) is 2.99. The van der Waals surface area contributed by atoms with Crippen LogP contribution in [-0.2, 0) is 7.05 Å².